The number of aromatic nitrogens is 1. The lowest BCUT2D eigenvalue weighted by atomic mass is 9.95. The highest BCUT2D eigenvalue weighted by atomic mass is 35.5. The van der Waals surface area contributed by atoms with Gasteiger partial charge in [0.05, 0.1) is 5.57 Å². The zero-order chi connectivity index (χ0) is 19.0. The predicted molar refractivity (Wildman–Crippen MR) is 93.0 cm³/mol. The van der Waals surface area contributed by atoms with E-state index in [9.17, 15) is 24.2 Å². The second-order valence-electron chi connectivity index (χ2n) is 5.28. The van der Waals surface area contributed by atoms with Gasteiger partial charge in [0.2, 0.25) is 0 Å². The molecule has 0 aliphatic carbocycles. The molecule has 2 N–H and O–H groups in total. The zero-order valence-corrected chi connectivity index (χ0v) is 14.8. The first-order chi connectivity index (χ1) is 12.3. The highest BCUT2D eigenvalue weighted by molar-refractivity contribution is 7.11. The number of thiazole rings is 1. The number of benzene rings is 1. The molecule has 1 aromatic carbocycles. The summed E-state index contributed by atoms with van der Waals surface area (Å²) in [5.74, 6) is -1.94. The molecule has 1 aliphatic heterocycles. The van der Waals surface area contributed by atoms with Crippen LogP contribution in [0.5, 0.6) is 0 Å². The summed E-state index contributed by atoms with van der Waals surface area (Å²) in [6.07, 6.45) is 0.0904. The van der Waals surface area contributed by atoms with Crippen LogP contribution < -0.4 is 0 Å². The van der Waals surface area contributed by atoms with Gasteiger partial charge >= 0.3 is 12.1 Å². The molecular formula is C16H11ClFN3O4S. The van der Waals surface area contributed by atoms with Gasteiger partial charge in [-0.1, -0.05) is 17.7 Å². The van der Waals surface area contributed by atoms with Crippen LogP contribution in [0.15, 0.2) is 46.0 Å². The topological polar surface area (TPSA) is 103 Å². The normalized spacial score (nSPS) is 17.3. The van der Waals surface area contributed by atoms with E-state index in [4.69, 9.17) is 11.6 Å². The van der Waals surface area contributed by atoms with E-state index in [1.165, 1.54) is 19.2 Å². The Morgan fingerprint density at radius 2 is 2.08 bits per heavy atom. The fraction of sp³-hybridized carbons (Fsp3) is 0.125. The summed E-state index contributed by atoms with van der Waals surface area (Å²) < 4.78 is 13.4. The molecular weight excluding hydrogens is 385 g/mol. The minimum absolute atomic E-state index is 0.00689. The number of hydrogen-bond donors (Lipinski definition) is 2. The van der Waals surface area contributed by atoms with Gasteiger partial charge in [0.25, 0.3) is 0 Å². The molecule has 0 radical (unpaired) electrons. The molecule has 1 aliphatic rings. The summed E-state index contributed by atoms with van der Waals surface area (Å²) in [5, 5.41) is 21.1. The van der Waals surface area contributed by atoms with E-state index in [0.29, 0.717) is 5.01 Å². The van der Waals surface area contributed by atoms with Crippen molar-refractivity contribution in [2.45, 2.75) is 13.0 Å². The van der Waals surface area contributed by atoms with Crippen molar-refractivity contribution in [2.24, 2.45) is 4.99 Å². The first kappa shape index (κ1) is 18.0. The molecule has 2 heterocycles. The number of carboxylic acids is 1. The number of carboxylic acid groups (broad SMARTS) is 2. The van der Waals surface area contributed by atoms with Crippen LogP contribution in [-0.4, -0.2) is 38.0 Å². The number of rotatable bonds is 3. The van der Waals surface area contributed by atoms with Crippen LogP contribution in [0.2, 0.25) is 5.02 Å². The van der Waals surface area contributed by atoms with Crippen LogP contribution in [0.4, 0.5) is 9.18 Å². The quantitative estimate of drug-likeness (QED) is 0.823. The number of aliphatic carboxylic acids is 1. The molecule has 1 aromatic heterocycles. The van der Waals surface area contributed by atoms with Crippen molar-refractivity contribution >= 4 is 40.8 Å². The third kappa shape index (κ3) is 3.06. The smallest absolute Gasteiger partial charge is 0.417 e. The van der Waals surface area contributed by atoms with Gasteiger partial charge in [0.15, 0.2) is 10.8 Å². The molecule has 7 nitrogen and oxygen atoms in total. The van der Waals surface area contributed by atoms with E-state index < -0.39 is 23.9 Å². The minimum atomic E-state index is -1.39. The SMILES string of the molecule is CC1=C(C(=O)O)C(c2ccc(F)cc2Cl)N=C(c2nccs2)N1C(=O)O. The Kier molecular flexibility index (Phi) is 4.75. The lowest BCUT2D eigenvalue weighted by Gasteiger charge is -2.30. The Morgan fingerprint density at radius 1 is 1.35 bits per heavy atom. The highest BCUT2D eigenvalue weighted by Crippen LogP contribution is 2.38. The molecule has 0 bridgehead atoms. The van der Waals surface area contributed by atoms with Crippen LogP contribution in [-0.2, 0) is 4.79 Å². The van der Waals surface area contributed by atoms with E-state index >= 15 is 0 Å². The number of amidine groups is 1. The number of nitrogens with zero attached hydrogens (tertiary/aromatic N) is 3. The Balaban J connectivity index is 2.26. The van der Waals surface area contributed by atoms with Gasteiger partial charge in [-0.2, -0.15) is 0 Å². The summed E-state index contributed by atoms with van der Waals surface area (Å²) >= 11 is 7.24. The summed E-state index contributed by atoms with van der Waals surface area (Å²) in [6.45, 7) is 1.37. The van der Waals surface area contributed by atoms with Crippen LogP contribution in [0.3, 0.4) is 0 Å². The lowest BCUT2D eigenvalue weighted by molar-refractivity contribution is -0.133. The molecule has 1 unspecified atom stereocenters. The predicted octanol–water partition coefficient (Wildman–Crippen LogP) is 3.78. The van der Waals surface area contributed by atoms with Gasteiger partial charge in [-0.25, -0.2) is 23.9 Å². The highest BCUT2D eigenvalue weighted by Gasteiger charge is 2.38. The first-order valence-corrected chi connectivity index (χ1v) is 8.46. The zero-order valence-electron chi connectivity index (χ0n) is 13.2. The molecule has 1 atom stereocenters. The third-order valence-corrected chi connectivity index (χ3v) is 4.86. The van der Waals surface area contributed by atoms with Crippen molar-refractivity contribution in [3.63, 3.8) is 0 Å². The number of allylic oxidation sites excluding steroid dienone is 1. The van der Waals surface area contributed by atoms with Gasteiger partial charge in [-0.15, -0.1) is 11.3 Å². The Labute approximate surface area is 155 Å². The first-order valence-electron chi connectivity index (χ1n) is 7.21. The van der Waals surface area contributed by atoms with Gasteiger partial charge in [-0.3, -0.25) is 4.99 Å². The molecule has 0 fully saturated rings. The Morgan fingerprint density at radius 3 is 2.62 bits per heavy atom. The van der Waals surface area contributed by atoms with Crippen molar-refractivity contribution in [1.82, 2.24) is 9.88 Å². The molecule has 3 rings (SSSR count). The Bertz CT molecular complexity index is 958. The van der Waals surface area contributed by atoms with Crippen LogP contribution in [0.1, 0.15) is 23.5 Å². The van der Waals surface area contributed by atoms with Gasteiger partial charge in [0.1, 0.15) is 11.9 Å². The van der Waals surface area contributed by atoms with Gasteiger partial charge in [-0.05, 0) is 19.1 Å². The van der Waals surface area contributed by atoms with Crippen molar-refractivity contribution in [1.29, 1.82) is 0 Å². The molecule has 134 valence electrons. The summed E-state index contributed by atoms with van der Waals surface area (Å²) in [7, 11) is 0. The van der Waals surface area contributed by atoms with E-state index in [2.05, 4.69) is 9.98 Å². The van der Waals surface area contributed by atoms with Crippen molar-refractivity contribution in [3.05, 3.63) is 62.5 Å². The molecule has 26 heavy (non-hydrogen) atoms. The molecule has 1 amide bonds. The number of halogens is 2. The largest absolute Gasteiger partial charge is 0.478 e. The second kappa shape index (κ2) is 6.85. The fourth-order valence-electron chi connectivity index (χ4n) is 2.66. The molecule has 0 spiro atoms. The lowest BCUT2D eigenvalue weighted by Crippen LogP contribution is -2.40. The van der Waals surface area contributed by atoms with Crippen molar-refractivity contribution in [3.8, 4) is 0 Å². The van der Waals surface area contributed by atoms with Crippen LogP contribution in [0.25, 0.3) is 0 Å². The molecule has 10 heteroatoms. The monoisotopic (exact) mass is 395 g/mol. The third-order valence-electron chi connectivity index (χ3n) is 3.76. The maximum Gasteiger partial charge on any atom is 0.417 e. The van der Waals surface area contributed by atoms with Gasteiger partial charge in [0, 0.05) is 27.9 Å². The summed E-state index contributed by atoms with van der Waals surface area (Å²) in [5.41, 5.74) is -0.0410. The van der Waals surface area contributed by atoms with Crippen molar-refractivity contribution < 1.29 is 24.2 Å². The van der Waals surface area contributed by atoms with E-state index in [1.807, 2.05) is 0 Å². The average Bonchev–Trinajstić information content (AvgIpc) is 3.07. The van der Waals surface area contributed by atoms with Gasteiger partial charge < -0.3 is 10.2 Å². The van der Waals surface area contributed by atoms with Crippen LogP contribution in [0, 0.1) is 5.82 Å². The molecule has 0 saturated heterocycles. The van der Waals surface area contributed by atoms with Crippen molar-refractivity contribution in [2.75, 3.05) is 0 Å². The van der Waals surface area contributed by atoms with Crippen LogP contribution >= 0.6 is 22.9 Å². The number of amides is 1. The minimum Gasteiger partial charge on any atom is -0.478 e. The maximum atomic E-state index is 13.4. The van der Waals surface area contributed by atoms with E-state index in [1.54, 1.807) is 5.38 Å². The molecule has 0 saturated carbocycles. The maximum absolute atomic E-state index is 13.4. The number of hydrogen-bond acceptors (Lipinski definition) is 5. The van der Waals surface area contributed by atoms with E-state index in [-0.39, 0.29) is 27.7 Å². The molecule has 2 aromatic rings. The summed E-state index contributed by atoms with van der Waals surface area (Å²) in [6, 6.07) is 2.42. The number of aliphatic imine (C=N–C) groups is 1. The van der Waals surface area contributed by atoms with E-state index in [0.717, 1.165) is 28.4 Å². The number of carbonyl (C=O) groups is 2. The fourth-order valence-corrected chi connectivity index (χ4v) is 3.55. The standard InChI is InChI=1S/C16H11ClFN3O4S/c1-7-11(15(22)23)12(9-3-2-8(18)6-10(9)17)20-13(21(7)16(24)25)14-19-4-5-26-14/h2-6,12H,1H3,(H,22,23)(H,24,25). The Hall–Kier alpha value is -2.78. The average molecular weight is 396 g/mol. The summed E-state index contributed by atoms with van der Waals surface area (Å²) in [4.78, 5) is 32.7. The second-order valence-corrected chi connectivity index (χ2v) is 6.58.